The Bertz CT molecular complexity index is 189. The summed E-state index contributed by atoms with van der Waals surface area (Å²) in [6, 6.07) is 0. The summed E-state index contributed by atoms with van der Waals surface area (Å²) in [7, 11) is 0. The molecule has 0 N–H and O–H groups in total. The minimum atomic E-state index is -1.99. The van der Waals surface area contributed by atoms with Crippen molar-refractivity contribution in [3.05, 3.63) is 0 Å². The minimum absolute atomic E-state index is 1.35. The molecule has 0 fully saturated rings. The Morgan fingerprint density at radius 2 is 1.33 bits per heavy atom. The first-order chi connectivity index (χ1) is 7.24. The summed E-state index contributed by atoms with van der Waals surface area (Å²) in [5.74, 6) is 3.25. The molecule has 0 atom stereocenters. The summed E-state index contributed by atoms with van der Waals surface area (Å²) in [4.78, 5) is 0. The fourth-order valence-electron chi connectivity index (χ4n) is 2.34. The van der Waals surface area contributed by atoms with Crippen molar-refractivity contribution in [2.24, 2.45) is 0 Å². The molecule has 88 valence electrons. The number of hydrogen-bond donors (Lipinski definition) is 0. The molecular weight excluding hydrogens is 287 g/mol. The first-order valence-electron chi connectivity index (χ1n) is 6.68. The Labute approximate surface area is 101 Å². The molecule has 0 aliphatic heterocycles. The molecule has 0 aromatic rings. The summed E-state index contributed by atoms with van der Waals surface area (Å²) in [6.07, 6.45) is 6.90. The van der Waals surface area contributed by atoms with Crippen LogP contribution in [-0.2, 0) is 0 Å². The van der Waals surface area contributed by atoms with Gasteiger partial charge in [0.05, 0.1) is 0 Å². The Balaban J connectivity index is 4.45. The number of unbranched alkanes of at least 4 members (excludes halogenated alkanes) is 2. The molecular formula is C14H28Sn. The van der Waals surface area contributed by atoms with Crippen molar-refractivity contribution >= 4 is 18.4 Å². The maximum absolute atomic E-state index is 3.73. The van der Waals surface area contributed by atoms with Gasteiger partial charge in [0.15, 0.2) is 0 Å². The van der Waals surface area contributed by atoms with Crippen molar-refractivity contribution in [1.82, 2.24) is 0 Å². The van der Waals surface area contributed by atoms with Crippen LogP contribution < -0.4 is 0 Å². The zero-order valence-corrected chi connectivity index (χ0v) is 14.0. The van der Waals surface area contributed by atoms with Crippen molar-refractivity contribution in [3.63, 3.8) is 0 Å². The van der Waals surface area contributed by atoms with E-state index in [4.69, 9.17) is 0 Å². The quantitative estimate of drug-likeness (QED) is 0.436. The fourth-order valence-corrected chi connectivity index (χ4v) is 15.7. The van der Waals surface area contributed by atoms with Crippen LogP contribution in [0.15, 0.2) is 0 Å². The van der Waals surface area contributed by atoms with Crippen LogP contribution in [0.2, 0.25) is 13.3 Å². The maximum atomic E-state index is 3.73. The summed E-state index contributed by atoms with van der Waals surface area (Å²) >= 11 is -1.99. The molecule has 0 saturated carbocycles. The second kappa shape index (κ2) is 9.58. The van der Waals surface area contributed by atoms with Crippen LogP contribution in [0.5, 0.6) is 0 Å². The Hall–Kier alpha value is 0.359. The first-order valence-corrected chi connectivity index (χ1v) is 14.2. The van der Waals surface area contributed by atoms with Gasteiger partial charge in [-0.1, -0.05) is 0 Å². The molecule has 0 nitrogen and oxygen atoms in total. The average Bonchev–Trinajstić information content (AvgIpc) is 2.24. The predicted octanol–water partition coefficient (Wildman–Crippen LogP) is 5.01. The Kier molecular flexibility index (Phi) is 9.80. The summed E-state index contributed by atoms with van der Waals surface area (Å²) in [6.45, 7) is 8.99. The molecule has 1 heteroatoms. The molecule has 0 bridgehead atoms. The van der Waals surface area contributed by atoms with E-state index >= 15 is 0 Å². The predicted molar refractivity (Wildman–Crippen MR) is 73.7 cm³/mol. The Morgan fingerprint density at radius 3 is 1.67 bits per heavy atom. The summed E-state index contributed by atoms with van der Waals surface area (Å²) in [5, 5.41) is 0. The molecule has 0 aromatic heterocycles. The number of rotatable bonds is 8. The topological polar surface area (TPSA) is 0 Å². The van der Waals surface area contributed by atoms with Crippen LogP contribution in [0, 0.1) is 9.86 Å². The van der Waals surface area contributed by atoms with Gasteiger partial charge >= 0.3 is 101 Å². The van der Waals surface area contributed by atoms with Gasteiger partial charge < -0.3 is 0 Å². The third-order valence-electron chi connectivity index (χ3n) is 3.14. The van der Waals surface area contributed by atoms with E-state index in [1.807, 2.05) is 6.92 Å². The van der Waals surface area contributed by atoms with E-state index in [9.17, 15) is 0 Å². The van der Waals surface area contributed by atoms with Crippen LogP contribution in [0.1, 0.15) is 59.8 Å². The van der Waals surface area contributed by atoms with Gasteiger partial charge in [-0.3, -0.25) is 0 Å². The molecule has 0 heterocycles. The average molecular weight is 315 g/mol. The summed E-state index contributed by atoms with van der Waals surface area (Å²) < 4.78 is 8.25. The van der Waals surface area contributed by atoms with Gasteiger partial charge in [0.1, 0.15) is 0 Å². The van der Waals surface area contributed by atoms with Gasteiger partial charge in [-0.15, -0.1) is 0 Å². The SMILES string of the molecule is CC#[C][Sn]([CH2]CC)([CH2]CCC)[CH2]CCC. The molecule has 0 aliphatic carbocycles. The first kappa shape index (κ1) is 15.4. The third-order valence-corrected chi connectivity index (χ3v) is 17.0. The number of hydrogen-bond acceptors (Lipinski definition) is 0. The molecule has 0 radical (unpaired) electrons. The van der Waals surface area contributed by atoms with Crippen molar-refractivity contribution in [1.29, 1.82) is 0 Å². The van der Waals surface area contributed by atoms with E-state index in [-0.39, 0.29) is 0 Å². The molecule has 15 heavy (non-hydrogen) atoms. The van der Waals surface area contributed by atoms with Gasteiger partial charge in [-0.25, -0.2) is 0 Å². The van der Waals surface area contributed by atoms with Crippen molar-refractivity contribution in [2.45, 2.75) is 73.1 Å². The fraction of sp³-hybridized carbons (Fsp3) is 0.857. The zero-order chi connectivity index (χ0) is 11.6. The standard InChI is InChI=1S/2C4H9.C3H7.C3H3.Sn/c2*1-3-4-2;2*1-3-2;/h2*1,3-4H2,2H3;1,3H2,2H3;1H3;. The summed E-state index contributed by atoms with van der Waals surface area (Å²) in [5.41, 5.74) is 0. The molecule has 0 aromatic carbocycles. The second-order valence-electron chi connectivity index (χ2n) is 4.61. The normalized spacial score (nSPS) is 10.9. The van der Waals surface area contributed by atoms with Crippen LogP contribution in [-0.4, -0.2) is 18.4 Å². The van der Waals surface area contributed by atoms with Crippen LogP contribution in [0.25, 0.3) is 0 Å². The van der Waals surface area contributed by atoms with E-state index in [0.717, 1.165) is 0 Å². The molecule has 0 amide bonds. The van der Waals surface area contributed by atoms with Crippen LogP contribution in [0.4, 0.5) is 0 Å². The van der Waals surface area contributed by atoms with E-state index in [1.165, 1.54) is 45.4 Å². The third kappa shape index (κ3) is 6.51. The Morgan fingerprint density at radius 1 is 0.800 bits per heavy atom. The van der Waals surface area contributed by atoms with Gasteiger partial charge in [0.2, 0.25) is 0 Å². The molecule has 0 spiro atoms. The second-order valence-corrected chi connectivity index (χ2v) is 16.9. The van der Waals surface area contributed by atoms with E-state index in [0.29, 0.717) is 0 Å². The van der Waals surface area contributed by atoms with Gasteiger partial charge in [0, 0.05) is 0 Å². The van der Waals surface area contributed by atoms with Crippen molar-refractivity contribution in [2.75, 3.05) is 0 Å². The van der Waals surface area contributed by atoms with Gasteiger partial charge in [-0.05, 0) is 0 Å². The van der Waals surface area contributed by atoms with E-state index in [2.05, 4.69) is 30.6 Å². The zero-order valence-electron chi connectivity index (χ0n) is 11.2. The van der Waals surface area contributed by atoms with E-state index < -0.39 is 18.4 Å². The molecule has 0 saturated heterocycles. The van der Waals surface area contributed by atoms with Crippen molar-refractivity contribution < 1.29 is 0 Å². The van der Waals surface area contributed by atoms with Crippen LogP contribution in [0.3, 0.4) is 0 Å². The van der Waals surface area contributed by atoms with Gasteiger partial charge in [0.25, 0.3) is 0 Å². The molecule has 0 aliphatic rings. The molecule has 0 unspecified atom stereocenters. The van der Waals surface area contributed by atoms with E-state index in [1.54, 1.807) is 0 Å². The van der Waals surface area contributed by atoms with Crippen molar-refractivity contribution in [3.8, 4) is 9.86 Å². The van der Waals surface area contributed by atoms with Crippen LogP contribution >= 0.6 is 0 Å². The monoisotopic (exact) mass is 316 g/mol. The van der Waals surface area contributed by atoms with Gasteiger partial charge in [-0.2, -0.15) is 0 Å². The molecule has 0 rings (SSSR count).